The van der Waals surface area contributed by atoms with Crippen molar-refractivity contribution in [2.75, 3.05) is 13.1 Å². The van der Waals surface area contributed by atoms with Crippen LogP contribution in [0, 0.1) is 5.92 Å². The molecule has 0 saturated carbocycles. The van der Waals surface area contributed by atoms with Gasteiger partial charge in [0.15, 0.2) is 0 Å². The van der Waals surface area contributed by atoms with Gasteiger partial charge in [-0.15, -0.1) is 10.2 Å². The lowest BCUT2D eigenvalue weighted by atomic mass is 9.94. The highest BCUT2D eigenvalue weighted by Crippen LogP contribution is 2.16. The highest BCUT2D eigenvalue weighted by atomic mass is 16.3. The molecule has 1 aromatic rings. The van der Waals surface area contributed by atoms with Gasteiger partial charge in [-0.05, 0) is 38.8 Å². The Hall–Kier alpha value is -0.940. The van der Waals surface area contributed by atoms with Crippen LogP contribution in [-0.4, -0.2) is 39.1 Å². The van der Waals surface area contributed by atoms with E-state index in [9.17, 15) is 5.11 Å². The fourth-order valence-corrected chi connectivity index (χ4v) is 2.22. The van der Waals surface area contributed by atoms with E-state index >= 15 is 0 Å². The molecule has 2 N–H and O–H groups in total. The standard InChI is InChI=1S/C11H20N4O/c1-9(16)7-15-8-13-14-11(15)6-10-2-4-12-5-3-10/h8-10,12,16H,2-7H2,1H3. The van der Waals surface area contributed by atoms with Crippen LogP contribution in [0.5, 0.6) is 0 Å². The average Bonchev–Trinajstić information content (AvgIpc) is 2.66. The fourth-order valence-electron chi connectivity index (χ4n) is 2.22. The molecule has 5 heteroatoms. The summed E-state index contributed by atoms with van der Waals surface area (Å²) in [6, 6.07) is 0. The van der Waals surface area contributed by atoms with Gasteiger partial charge < -0.3 is 15.0 Å². The van der Waals surface area contributed by atoms with Crippen molar-refractivity contribution in [3.8, 4) is 0 Å². The Morgan fingerprint density at radius 2 is 2.31 bits per heavy atom. The van der Waals surface area contributed by atoms with E-state index in [1.54, 1.807) is 13.3 Å². The second kappa shape index (κ2) is 5.41. The molecule has 1 aliphatic heterocycles. The average molecular weight is 224 g/mol. The third-order valence-electron chi connectivity index (χ3n) is 3.09. The van der Waals surface area contributed by atoms with Crippen molar-refractivity contribution in [2.24, 2.45) is 5.92 Å². The molecule has 0 aliphatic carbocycles. The molecule has 1 aromatic heterocycles. The molecule has 1 aliphatic rings. The summed E-state index contributed by atoms with van der Waals surface area (Å²) in [5.74, 6) is 1.71. The number of rotatable bonds is 4. The zero-order valence-corrected chi connectivity index (χ0v) is 9.76. The fraction of sp³-hybridized carbons (Fsp3) is 0.818. The van der Waals surface area contributed by atoms with Crippen molar-refractivity contribution in [3.63, 3.8) is 0 Å². The highest BCUT2D eigenvalue weighted by molar-refractivity contribution is 4.90. The number of hydrogen-bond donors (Lipinski definition) is 2. The number of aliphatic hydroxyl groups is 1. The minimum Gasteiger partial charge on any atom is -0.392 e. The van der Waals surface area contributed by atoms with E-state index in [-0.39, 0.29) is 6.10 Å². The van der Waals surface area contributed by atoms with Gasteiger partial charge in [0.1, 0.15) is 12.2 Å². The van der Waals surface area contributed by atoms with E-state index in [1.807, 2.05) is 4.57 Å². The van der Waals surface area contributed by atoms with E-state index in [0.29, 0.717) is 12.5 Å². The van der Waals surface area contributed by atoms with Crippen molar-refractivity contribution in [2.45, 2.75) is 38.8 Å². The molecule has 5 nitrogen and oxygen atoms in total. The van der Waals surface area contributed by atoms with Gasteiger partial charge in [0.05, 0.1) is 12.6 Å². The second-order valence-electron chi connectivity index (χ2n) is 4.65. The van der Waals surface area contributed by atoms with E-state index < -0.39 is 0 Å². The quantitative estimate of drug-likeness (QED) is 0.767. The molecule has 1 atom stereocenters. The van der Waals surface area contributed by atoms with Crippen LogP contribution < -0.4 is 5.32 Å². The molecule has 0 bridgehead atoms. The minimum atomic E-state index is -0.345. The van der Waals surface area contributed by atoms with E-state index in [0.717, 1.165) is 25.3 Å². The van der Waals surface area contributed by atoms with Gasteiger partial charge in [-0.25, -0.2) is 0 Å². The lowest BCUT2D eigenvalue weighted by Gasteiger charge is -2.22. The molecular formula is C11H20N4O. The summed E-state index contributed by atoms with van der Waals surface area (Å²) in [5.41, 5.74) is 0. The molecule has 0 radical (unpaired) electrons. The monoisotopic (exact) mass is 224 g/mol. The summed E-state index contributed by atoms with van der Waals surface area (Å²) < 4.78 is 1.96. The largest absolute Gasteiger partial charge is 0.392 e. The summed E-state index contributed by atoms with van der Waals surface area (Å²) >= 11 is 0. The number of nitrogens with one attached hydrogen (secondary N) is 1. The Bertz CT molecular complexity index is 318. The molecule has 2 rings (SSSR count). The molecule has 16 heavy (non-hydrogen) atoms. The van der Waals surface area contributed by atoms with Gasteiger partial charge in [0, 0.05) is 6.42 Å². The molecule has 90 valence electrons. The van der Waals surface area contributed by atoms with Crippen LogP contribution in [0.1, 0.15) is 25.6 Å². The Labute approximate surface area is 95.9 Å². The first-order valence-electron chi connectivity index (χ1n) is 6.01. The predicted molar refractivity (Wildman–Crippen MR) is 61.0 cm³/mol. The van der Waals surface area contributed by atoms with Gasteiger partial charge in [0.25, 0.3) is 0 Å². The minimum absolute atomic E-state index is 0.345. The Morgan fingerprint density at radius 3 is 3.00 bits per heavy atom. The van der Waals surface area contributed by atoms with Gasteiger partial charge in [-0.1, -0.05) is 0 Å². The highest BCUT2D eigenvalue weighted by Gasteiger charge is 2.16. The summed E-state index contributed by atoms with van der Waals surface area (Å²) in [6.07, 6.45) is 4.77. The van der Waals surface area contributed by atoms with Crippen LogP contribution in [0.15, 0.2) is 6.33 Å². The maximum atomic E-state index is 9.37. The molecule has 2 heterocycles. The van der Waals surface area contributed by atoms with Crippen molar-refractivity contribution < 1.29 is 5.11 Å². The van der Waals surface area contributed by atoms with Crippen LogP contribution >= 0.6 is 0 Å². The molecular weight excluding hydrogens is 204 g/mol. The first-order chi connectivity index (χ1) is 7.75. The summed E-state index contributed by atoms with van der Waals surface area (Å²) in [4.78, 5) is 0. The summed E-state index contributed by atoms with van der Waals surface area (Å²) in [5, 5.41) is 20.8. The summed E-state index contributed by atoms with van der Waals surface area (Å²) in [6.45, 7) is 4.59. The zero-order chi connectivity index (χ0) is 11.4. The normalized spacial score (nSPS) is 19.9. The molecule has 1 unspecified atom stereocenters. The second-order valence-corrected chi connectivity index (χ2v) is 4.65. The number of nitrogens with zero attached hydrogens (tertiary/aromatic N) is 3. The molecule has 0 amide bonds. The number of aliphatic hydroxyl groups excluding tert-OH is 1. The Balaban J connectivity index is 1.94. The van der Waals surface area contributed by atoms with Gasteiger partial charge in [-0.2, -0.15) is 0 Å². The number of hydrogen-bond acceptors (Lipinski definition) is 4. The van der Waals surface area contributed by atoms with Crippen LogP contribution in [0.4, 0.5) is 0 Å². The first kappa shape index (κ1) is 11.5. The lowest BCUT2D eigenvalue weighted by molar-refractivity contribution is 0.171. The maximum absolute atomic E-state index is 9.37. The topological polar surface area (TPSA) is 63.0 Å². The van der Waals surface area contributed by atoms with Crippen molar-refractivity contribution in [1.29, 1.82) is 0 Å². The van der Waals surface area contributed by atoms with E-state index in [2.05, 4.69) is 15.5 Å². The van der Waals surface area contributed by atoms with Gasteiger partial charge >= 0.3 is 0 Å². The van der Waals surface area contributed by atoms with E-state index in [4.69, 9.17) is 0 Å². The molecule has 1 saturated heterocycles. The lowest BCUT2D eigenvalue weighted by Crippen LogP contribution is -2.29. The smallest absolute Gasteiger partial charge is 0.133 e. The Kier molecular flexibility index (Phi) is 3.90. The number of piperidine rings is 1. The van der Waals surface area contributed by atoms with Crippen molar-refractivity contribution >= 4 is 0 Å². The molecule has 1 fully saturated rings. The Morgan fingerprint density at radius 1 is 1.56 bits per heavy atom. The summed E-state index contributed by atoms with van der Waals surface area (Å²) in [7, 11) is 0. The van der Waals surface area contributed by atoms with Crippen LogP contribution in [0.2, 0.25) is 0 Å². The zero-order valence-electron chi connectivity index (χ0n) is 9.76. The van der Waals surface area contributed by atoms with Crippen LogP contribution in [-0.2, 0) is 13.0 Å². The molecule has 0 aromatic carbocycles. The van der Waals surface area contributed by atoms with E-state index in [1.165, 1.54) is 12.8 Å². The van der Waals surface area contributed by atoms with Crippen LogP contribution in [0.3, 0.4) is 0 Å². The number of aromatic nitrogens is 3. The SMILES string of the molecule is CC(O)Cn1cnnc1CC1CCNCC1. The third-order valence-corrected chi connectivity index (χ3v) is 3.09. The first-order valence-corrected chi connectivity index (χ1v) is 6.01. The third kappa shape index (κ3) is 3.02. The predicted octanol–water partition coefficient (Wildman–Crippen LogP) is 0.201. The maximum Gasteiger partial charge on any atom is 0.133 e. The van der Waals surface area contributed by atoms with Crippen molar-refractivity contribution in [1.82, 2.24) is 20.1 Å². The van der Waals surface area contributed by atoms with Gasteiger partial charge in [0.2, 0.25) is 0 Å². The molecule has 0 spiro atoms. The van der Waals surface area contributed by atoms with Crippen molar-refractivity contribution in [3.05, 3.63) is 12.2 Å². The van der Waals surface area contributed by atoms with Crippen LogP contribution in [0.25, 0.3) is 0 Å². The van der Waals surface area contributed by atoms with Gasteiger partial charge in [-0.3, -0.25) is 0 Å².